The van der Waals surface area contributed by atoms with E-state index in [-0.39, 0.29) is 5.91 Å². The van der Waals surface area contributed by atoms with Crippen LogP contribution < -0.4 is 10.6 Å². The van der Waals surface area contributed by atoms with Gasteiger partial charge in [0.2, 0.25) is 0 Å². The molecule has 0 saturated heterocycles. The lowest BCUT2D eigenvalue weighted by molar-refractivity contribution is 0.0957. The van der Waals surface area contributed by atoms with E-state index < -0.39 is 0 Å². The largest absolute Gasteiger partial charge is 0.379 e. The molecule has 1 amide bonds. The minimum atomic E-state index is -0.241. The molecule has 6 nitrogen and oxygen atoms in total. The molecule has 1 heterocycles. The molecule has 0 bridgehead atoms. The topological polar surface area (TPSA) is 76.1 Å². The van der Waals surface area contributed by atoms with Gasteiger partial charge in [0.05, 0.1) is 6.61 Å². The predicted octanol–water partition coefficient (Wildman–Crippen LogP) is 0.921. The van der Waals surface area contributed by atoms with Crippen molar-refractivity contribution >= 4 is 11.7 Å². The summed E-state index contributed by atoms with van der Waals surface area (Å²) in [6.45, 7) is 6.26. The quantitative estimate of drug-likeness (QED) is 0.706. The van der Waals surface area contributed by atoms with Crippen LogP contribution in [0.15, 0.2) is 12.1 Å². The van der Waals surface area contributed by atoms with Gasteiger partial charge in [0.15, 0.2) is 5.69 Å². The number of hydrogen-bond acceptors (Lipinski definition) is 5. The van der Waals surface area contributed by atoms with Crippen LogP contribution in [0.5, 0.6) is 0 Å². The summed E-state index contributed by atoms with van der Waals surface area (Å²) in [6.07, 6.45) is 0. The van der Waals surface area contributed by atoms with E-state index in [1.807, 2.05) is 0 Å². The van der Waals surface area contributed by atoms with E-state index in [4.69, 9.17) is 4.74 Å². The monoisotopic (exact) mass is 252 g/mol. The van der Waals surface area contributed by atoms with E-state index >= 15 is 0 Å². The van der Waals surface area contributed by atoms with Crippen molar-refractivity contribution in [3.05, 3.63) is 17.8 Å². The van der Waals surface area contributed by atoms with Gasteiger partial charge in [-0.25, -0.2) is 0 Å². The third kappa shape index (κ3) is 5.09. The molecule has 1 aromatic heterocycles. The fourth-order valence-electron chi connectivity index (χ4n) is 1.25. The highest BCUT2D eigenvalue weighted by molar-refractivity contribution is 5.91. The summed E-state index contributed by atoms with van der Waals surface area (Å²) in [5.41, 5.74) is 0.305. The highest BCUT2D eigenvalue weighted by Gasteiger charge is 2.04. The Kier molecular flexibility index (Phi) is 6.07. The number of nitrogens with zero attached hydrogens (tertiary/aromatic N) is 2. The summed E-state index contributed by atoms with van der Waals surface area (Å²) in [7, 11) is 1.56. The Morgan fingerprint density at radius 2 is 2.17 bits per heavy atom. The normalized spacial score (nSPS) is 10.4. The maximum atomic E-state index is 11.2. The van der Waals surface area contributed by atoms with Gasteiger partial charge >= 0.3 is 0 Å². The van der Waals surface area contributed by atoms with Gasteiger partial charge in [-0.2, -0.15) is 0 Å². The molecule has 0 aliphatic carbocycles. The zero-order valence-electron chi connectivity index (χ0n) is 11.1. The number of anilines is 1. The minimum Gasteiger partial charge on any atom is -0.379 e. The molecule has 0 spiro atoms. The lowest BCUT2D eigenvalue weighted by Crippen LogP contribution is -2.20. The summed E-state index contributed by atoms with van der Waals surface area (Å²) in [6, 6.07) is 3.35. The van der Waals surface area contributed by atoms with E-state index in [2.05, 4.69) is 34.7 Å². The molecule has 0 atom stereocenters. The van der Waals surface area contributed by atoms with Gasteiger partial charge in [-0.15, -0.1) is 10.2 Å². The number of carbonyl (C=O) groups excluding carboxylic acids is 1. The van der Waals surface area contributed by atoms with E-state index in [0.717, 1.165) is 6.61 Å². The molecule has 6 heteroatoms. The second-order valence-electron chi connectivity index (χ2n) is 4.28. The molecule has 0 radical (unpaired) electrons. The standard InChI is InChI=1S/C12H20N4O2/c1-9(2)8-18-7-6-14-11-5-4-10(15-16-11)12(17)13-3/h4-5,9H,6-8H2,1-3H3,(H,13,17)(H,14,16). The number of nitrogens with one attached hydrogen (secondary N) is 2. The molecule has 100 valence electrons. The Balaban J connectivity index is 2.29. The zero-order valence-corrected chi connectivity index (χ0v) is 11.1. The Bertz CT molecular complexity index is 365. The van der Waals surface area contributed by atoms with Crippen LogP contribution in [0.2, 0.25) is 0 Å². The molecule has 18 heavy (non-hydrogen) atoms. The van der Waals surface area contributed by atoms with Crippen LogP contribution >= 0.6 is 0 Å². The van der Waals surface area contributed by atoms with Crippen LogP contribution in [-0.4, -0.2) is 42.9 Å². The molecule has 0 aliphatic heterocycles. The zero-order chi connectivity index (χ0) is 13.4. The molecule has 2 N–H and O–H groups in total. The summed E-state index contributed by atoms with van der Waals surface area (Å²) in [5, 5.41) is 13.3. The number of aromatic nitrogens is 2. The highest BCUT2D eigenvalue weighted by atomic mass is 16.5. The van der Waals surface area contributed by atoms with E-state index in [1.54, 1.807) is 19.2 Å². The van der Waals surface area contributed by atoms with Crippen LogP contribution in [0.25, 0.3) is 0 Å². The molecule has 1 aromatic rings. The van der Waals surface area contributed by atoms with Crippen molar-refractivity contribution in [1.82, 2.24) is 15.5 Å². The van der Waals surface area contributed by atoms with Crippen molar-refractivity contribution in [1.29, 1.82) is 0 Å². The van der Waals surface area contributed by atoms with Crippen molar-refractivity contribution < 1.29 is 9.53 Å². The van der Waals surface area contributed by atoms with Gasteiger partial charge in [0, 0.05) is 20.2 Å². The number of carbonyl (C=O) groups is 1. The van der Waals surface area contributed by atoms with Gasteiger partial charge in [-0.1, -0.05) is 13.8 Å². The first-order valence-corrected chi connectivity index (χ1v) is 6.01. The third-order valence-corrected chi connectivity index (χ3v) is 2.13. The number of ether oxygens (including phenoxy) is 1. The fraction of sp³-hybridized carbons (Fsp3) is 0.583. The van der Waals surface area contributed by atoms with Crippen molar-refractivity contribution in [3.8, 4) is 0 Å². The third-order valence-electron chi connectivity index (χ3n) is 2.13. The molecule has 0 aromatic carbocycles. The molecule has 0 unspecified atom stereocenters. The molecule has 0 fully saturated rings. The summed E-state index contributed by atoms with van der Waals surface area (Å²) < 4.78 is 5.42. The van der Waals surface area contributed by atoms with Crippen molar-refractivity contribution in [2.45, 2.75) is 13.8 Å². The Morgan fingerprint density at radius 3 is 2.72 bits per heavy atom. The Hall–Kier alpha value is -1.69. The Morgan fingerprint density at radius 1 is 1.39 bits per heavy atom. The summed E-state index contributed by atoms with van der Waals surface area (Å²) in [4.78, 5) is 11.2. The second-order valence-corrected chi connectivity index (χ2v) is 4.28. The number of rotatable bonds is 7. The summed E-state index contributed by atoms with van der Waals surface area (Å²) >= 11 is 0. The Labute approximate surface area is 107 Å². The minimum absolute atomic E-state index is 0.241. The SMILES string of the molecule is CNC(=O)c1ccc(NCCOCC(C)C)nn1. The van der Waals surface area contributed by atoms with Crippen molar-refractivity contribution in [2.24, 2.45) is 5.92 Å². The maximum absolute atomic E-state index is 11.2. The van der Waals surface area contributed by atoms with Gasteiger partial charge in [0.1, 0.15) is 5.82 Å². The smallest absolute Gasteiger partial charge is 0.271 e. The van der Waals surface area contributed by atoms with E-state index in [9.17, 15) is 4.79 Å². The first-order chi connectivity index (χ1) is 8.63. The highest BCUT2D eigenvalue weighted by Crippen LogP contribution is 2.01. The lowest BCUT2D eigenvalue weighted by Gasteiger charge is -2.08. The molecule has 0 saturated carbocycles. The first kappa shape index (κ1) is 14.4. The van der Waals surface area contributed by atoms with Crippen molar-refractivity contribution in [3.63, 3.8) is 0 Å². The predicted molar refractivity (Wildman–Crippen MR) is 69.6 cm³/mol. The van der Waals surface area contributed by atoms with Crippen LogP contribution in [0.4, 0.5) is 5.82 Å². The van der Waals surface area contributed by atoms with Gasteiger partial charge < -0.3 is 15.4 Å². The molecule has 0 aliphatic rings. The van der Waals surface area contributed by atoms with Crippen LogP contribution in [0, 0.1) is 5.92 Å². The van der Waals surface area contributed by atoms with E-state index in [0.29, 0.717) is 30.6 Å². The van der Waals surface area contributed by atoms with Gasteiger partial charge in [-0.3, -0.25) is 4.79 Å². The molecular weight excluding hydrogens is 232 g/mol. The van der Waals surface area contributed by atoms with Gasteiger partial charge in [0.25, 0.3) is 5.91 Å². The fourth-order valence-corrected chi connectivity index (χ4v) is 1.25. The number of hydrogen-bond donors (Lipinski definition) is 2. The van der Waals surface area contributed by atoms with Gasteiger partial charge in [-0.05, 0) is 18.1 Å². The molecular formula is C12H20N4O2. The maximum Gasteiger partial charge on any atom is 0.271 e. The molecule has 1 rings (SSSR count). The first-order valence-electron chi connectivity index (χ1n) is 6.01. The van der Waals surface area contributed by atoms with E-state index in [1.165, 1.54) is 0 Å². The van der Waals surface area contributed by atoms with Crippen LogP contribution in [0.3, 0.4) is 0 Å². The summed E-state index contributed by atoms with van der Waals surface area (Å²) in [5.74, 6) is 0.932. The van der Waals surface area contributed by atoms with Crippen LogP contribution in [0.1, 0.15) is 24.3 Å². The average molecular weight is 252 g/mol. The van der Waals surface area contributed by atoms with Crippen molar-refractivity contribution in [2.75, 3.05) is 32.1 Å². The number of amides is 1. The second kappa shape index (κ2) is 7.60. The van der Waals surface area contributed by atoms with Crippen LogP contribution in [-0.2, 0) is 4.74 Å². The average Bonchev–Trinajstić information content (AvgIpc) is 2.38. The lowest BCUT2D eigenvalue weighted by atomic mass is 10.2.